The Bertz CT molecular complexity index is 564. The van der Waals surface area contributed by atoms with Crippen LogP contribution in [0.15, 0.2) is 47.4 Å². The van der Waals surface area contributed by atoms with Gasteiger partial charge < -0.3 is 5.73 Å². The minimum Gasteiger partial charge on any atom is -0.399 e. The van der Waals surface area contributed by atoms with E-state index in [1.54, 1.807) is 24.3 Å². The molecule has 2 N–H and O–H groups in total. The first kappa shape index (κ1) is 12.7. The van der Waals surface area contributed by atoms with E-state index < -0.39 is 27.3 Å². The maximum absolute atomic E-state index is 13.6. The highest BCUT2D eigenvalue weighted by Crippen LogP contribution is 2.22. The summed E-state index contributed by atoms with van der Waals surface area (Å²) in [6.45, 7) is 0. The molecule has 2 aromatic carbocycles. The van der Waals surface area contributed by atoms with Crippen LogP contribution in [0.4, 0.5) is 14.5 Å². The van der Waals surface area contributed by atoms with E-state index >= 15 is 0 Å². The highest BCUT2D eigenvalue weighted by atomic mass is 32.2. The molecule has 1 atom stereocenters. The maximum Gasteiger partial charge on any atom is 0.144 e. The highest BCUT2D eigenvalue weighted by Gasteiger charge is 2.17. The molecule has 0 aliphatic carbocycles. The Labute approximate surface area is 106 Å². The summed E-state index contributed by atoms with van der Waals surface area (Å²) in [5, 5.41) is 0. The summed E-state index contributed by atoms with van der Waals surface area (Å²) in [6.07, 6.45) is 0. The third kappa shape index (κ3) is 2.73. The van der Waals surface area contributed by atoms with Gasteiger partial charge in [0.05, 0.1) is 16.6 Å². The van der Waals surface area contributed by atoms with Gasteiger partial charge in [-0.2, -0.15) is 0 Å². The molecule has 0 fully saturated rings. The van der Waals surface area contributed by atoms with Crippen LogP contribution < -0.4 is 5.73 Å². The Hall–Kier alpha value is -1.75. The molecular formula is C13H11F2NOS. The summed E-state index contributed by atoms with van der Waals surface area (Å²) in [4.78, 5) is -0.423. The lowest BCUT2D eigenvalue weighted by Gasteiger charge is -2.06. The molecule has 2 aromatic rings. The molecule has 94 valence electrons. The Morgan fingerprint density at radius 2 is 1.61 bits per heavy atom. The average Bonchev–Trinajstić information content (AvgIpc) is 2.28. The van der Waals surface area contributed by atoms with E-state index in [-0.39, 0.29) is 11.4 Å². The van der Waals surface area contributed by atoms with Crippen molar-refractivity contribution in [1.82, 2.24) is 0 Å². The second kappa shape index (κ2) is 5.27. The van der Waals surface area contributed by atoms with E-state index in [1.165, 1.54) is 0 Å². The molecule has 2 rings (SSSR count). The third-order valence-electron chi connectivity index (χ3n) is 2.39. The fourth-order valence-electron chi connectivity index (χ4n) is 1.59. The maximum atomic E-state index is 13.6. The number of nitrogens with two attached hydrogens (primary N) is 1. The first-order chi connectivity index (χ1) is 8.58. The zero-order chi connectivity index (χ0) is 13.1. The molecule has 1 unspecified atom stereocenters. The zero-order valence-corrected chi connectivity index (χ0v) is 10.2. The first-order valence-corrected chi connectivity index (χ1v) is 6.56. The Morgan fingerprint density at radius 3 is 2.17 bits per heavy atom. The van der Waals surface area contributed by atoms with Gasteiger partial charge in [0.25, 0.3) is 0 Å². The molecule has 0 saturated heterocycles. The molecule has 0 aromatic heterocycles. The molecule has 2 nitrogen and oxygen atoms in total. The van der Waals surface area contributed by atoms with Crippen molar-refractivity contribution in [3.63, 3.8) is 0 Å². The van der Waals surface area contributed by atoms with Crippen molar-refractivity contribution in [1.29, 1.82) is 0 Å². The molecule has 0 bridgehead atoms. The molecule has 18 heavy (non-hydrogen) atoms. The van der Waals surface area contributed by atoms with Crippen molar-refractivity contribution in [3.8, 4) is 0 Å². The number of hydrogen-bond acceptors (Lipinski definition) is 2. The van der Waals surface area contributed by atoms with Gasteiger partial charge in [-0.05, 0) is 17.7 Å². The number of hydrogen-bond donors (Lipinski definition) is 1. The lowest BCUT2D eigenvalue weighted by Crippen LogP contribution is -2.04. The lowest BCUT2D eigenvalue weighted by molar-refractivity contribution is 0.535. The first-order valence-electron chi connectivity index (χ1n) is 5.25. The topological polar surface area (TPSA) is 43.1 Å². The average molecular weight is 267 g/mol. The summed E-state index contributed by atoms with van der Waals surface area (Å²) in [5.41, 5.74) is 6.04. The van der Waals surface area contributed by atoms with Crippen molar-refractivity contribution in [2.24, 2.45) is 0 Å². The van der Waals surface area contributed by atoms with Gasteiger partial charge in [-0.15, -0.1) is 0 Å². The van der Waals surface area contributed by atoms with E-state index in [1.807, 2.05) is 6.07 Å². The fraction of sp³-hybridized carbons (Fsp3) is 0.0769. The number of nitrogen functional groups attached to an aromatic ring is 1. The Balaban J connectivity index is 2.30. The monoisotopic (exact) mass is 267 g/mol. The quantitative estimate of drug-likeness (QED) is 0.869. The molecule has 0 spiro atoms. The van der Waals surface area contributed by atoms with Gasteiger partial charge in [0, 0.05) is 5.69 Å². The molecule has 0 heterocycles. The van der Waals surface area contributed by atoms with Gasteiger partial charge in [0.15, 0.2) is 0 Å². The molecule has 0 radical (unpaired) electrons. The molecule has 0 aliphatic rings. The van der Waals surface area contributed by atoms with E-state index in [4.69, 9.17) is 5.73 Å². The van der Waals surface area contributed by atoms with E-state index in [0.29, 0.717) is 0 Å². The van der Waals surface area contributed by atoms with Gasteiger partial charge in [-0.1, -0.05) is 30.3 Å². The summed E-state index contributed by atoms with van der Waals surface area (Å²) in [7, 11) is -1.77. The Morgan fingerprint density at radius 1 is 1.06 bits per heavy atom. The van der Waals surface area contributed by atoms with Crippen LogP contribution in [0.5, 0.6) is 0 Å². The van der Waals surface area contributed by atoms with Gasteiger partial charge in [-0.25, -0.2) is 8.78 Å². The van der Waals surface area contributed by atoms with Crippen LogP contribution in [0.25, 0.3) is 0 Å². The molecule has 0 amide bonds. The molecule has 0 saturated carbocycles. The van der Waals surface area contributed by atoms with Crippen molar-refractivity contribution in [3.05, 3.63) is 59.7 Å². The van der Waals surface area contributed by atoms with Crippen LogP contribution in [0.2, 0.25) is 0 Å². The van der Waals surface area contributed by atoms with E-state index in [9.17, 15) is 13.0 Å². The highest BCUT2D eigenvalue weighted by molar-refractivity contribution is 7.84. The van der Waals surface area contributed by atoms with Crippen molar-refractivity contribution >= 4 is 16.5 Å². The van der Waals surface area contributed by atoms with Crippen molar-refractivity contribution < 1.29 is 13.0 Å². The minimum atomic E-state index is -1.77. The Kier molecular flexibility index (Phi) is 3.72. The third-order valence-corrected chi connectivity index (χ3v) is 3.83. The summed E-state index contributed by atoms with van der Waals surface area (Å²) in [6, 6.07) is 10.8. The van der Waals surface area contributed by atoms with Gasteiger partial charge in [0.2, 0.25) is 0 Å². The SMILES string of the molecule is Nc1cc(F)c(S(=O)Cc2ccccc2)c(F)c1. The molecule has 5 heteroatoms. The van der Waals surface area contributed by atoms with E-state index in [2.05, 4.69) is 0 Å². The summed E-state index contributed by atoms with van der Waals surface area (Å²) < 4.78 is 39.1. The fourth-order valence-corrected chi connectivity index (χ4v) is 2.79. The van der Waals surface area contributed by atoms with Gasteiger partial charge >= 0.3 is 0 Å². The number of rotatable bonds is 3. The predicted octanol–water partition coefficient (Wildman–Crippen LogP) is 2.85. The van der Waals surface area contributed by atoms with Crippen LogP contribution in [-0.2, 0) is 16.6 Å². The van der Waals surface area contributed by atoms with Crippen LogP contribution in [0.3, 0.4) is 0 Å². The van der Waals surface area contributed by atoms with Gasteiger partial charge in [-0.3, -0.25) is 4.21 Å². The van der Waals surface area contributed by atoms with E-state index in [0.717, 1.165) is 17.7 Å². The molecule has 0 aliphatic heterocycles. The van der Waals surface area contributed by atoms with Gasteiger partial charge in [0.1, 0.15) is 16.5 Å². The normalized spacial score (nSPS) is 12.3. The van der Waals surface area contributed by atoms with Crippen LogP contribution in [0.1, 0.15) is 5.56 Å². The standard InChI is InChI=1S/C13H11F2NOS/c14-11-6-10(16)7-12(15)13(11)18(17)8-9-4-2-1-3-5-9/h1-7H,8,16H2. The predicted molar refractivity (Wildman–Crippen MR) is 67.3 cm³/mol. The van der Waals surface area contributed by atoms with Crippen molar-refractivity contribution in [2.45, 2.75) is 10.6 Å². The zero-order valence-electron chi connectivity index (χ0n) is 9.40. The summed E-state index contributed by atoms with van der Waals surface area (Å²) in [5.74, 6) is -1.68. The van der Waals surface area contributed by atoms with Crippen molar-refractivity contribution in [2.75, 3.05) is 5.73 Å². The second-order valence-corrected chi connectivity index (χ2v) is 5.18. The molecular weight excluding hydrogens is 256 g/mol. The second-order valence-electron chi connectivity index (χ2n) is 3.79. The summed E-state index contributed by atoms with van der Waals surface area (Å²) >= 11 is 0. The number of halogens is 2. The minimum absolute atomic E-state index is 0.0227. The lowest BCUT2D eigenvalue weighted by atomic mass is 10.2. The number of anilines is 1. The van der Waals surface area contributed by atoms with Crippen LogP contribution in [-0.4, -0.2) is 4.21 Å². The van der Waals surface area contributed by atoms with Crippen LogP contribution >= 0.6 is 0 Å². The van der Waals surface area contributed by atoms with Crippen LogP contribution in [0, 0.1) is 11.6 Å². The smallest absolute Gasteiger partial charge is 0.144 e. The largest absolute Gasteiger partial charge is 0.399 e. The number of benzene rings is 2.